The van der Waals surface area contributed by atoms with Gasteiger partial charge < -0.3 is 5.32 Å². The fourth-order valence-electron chi connectivity index (χ4n) is 2.13. The van der Waals surface area contributed by atoms with Gasteiger partial charge in [-0.2, -0.15) is 5.10 Å². The molecule has 0 saturated heterocycles. The number of hydrogen-bond acceptors (Lipinski definition) is 4. The zero-order valence-electron chi connectivity index (χ0n) is 11.0. The molecule has 2 heterocycles. The average Bonchev–Trinajstić information content (AvgIpc) is 2.91. The van der Waals surface area contributed by atoms with Crippen LogP contribution in [0.15, 0.2) is 42.7 Å². The predicted molar refractivity (Wildman–Crippen MR) is 79.9 cm³/mol. The topological polar surface area (TPSA) is 55.6 Å². The zero-order valence-corrected chi connectivity index (χ0v) is 11.7. The van der Waals surface area contributed by atoms with Crippen LogP contribution in [0.1, 0.15) is 6.92 Å². The first-order chi connectivity index (χ1) is 9.72. The lowest BCUT2D eigenvalue weighted by Gasteiger charge is -2.16. The molecule has 1 unspecified atom stereocenters. The lowest BCUT2D eigenvalue weighted by atomic mass is 10.2. The van der Waals surface area contributed by atoms with Crippen LogP contribution in [0.4, 0.5) is 5.82 Å². The van der Waals surface area contributed by atoms with Crippen molar-refractivity contribution in [3.63, 3.8) is 0 Å². The Bertz CT molecular complexity index is 711. The minimum absolute atomic E-state index is 0.171. The van der Waals surface area contributed by atoms with Crippen LogP contribution in [0.25, 0.3) is 10.9 Å². The summed E-state index contributed by atoms with van der Waals surface area (Å²) in [5.41, 5.74) is 0.835. The number of para-hydroxylation sites is 1. The Kier molecular flexibility index (Phi) is 3.52. The fraction of sp³-hybridized carbons (Fsp3) is 0.214. The van der Waals surface area contributed by atoms with Gasteiger partial charge in [0.05, 0.1) is 12.1 Å². The molecule has 5 nitrogen and oxygen atoms in total. The quantitative estimate of drug-likeness (QED) is 0.750. The zero-order chi connectivity index (χ0) is 13.9. The number of benzene rings is 1. The lowest BCUT2D eigenvalue weighted by Crippen LogP contribution is -2.23. The van der Waals surface area contributed by atoms with Gasteiger partial charge in [-0.25, -0.2) is 9.97 Å². The average molecular weight is 288 g/mol. The first-order valence-electron chi connectivity index (χ1n) is 6.38. The molecule has 0 amide bonds. The summed E-state index contributed by atoms with van der Waals surface area (Å²) in [5, 5.41) is 8.77. The number of nitrogens with one attached hydrogen (secondary N) is 1. The van der Waals surface area contributed by atoms with Crippen molar-refractivity contribution in [2.24, 2.45) is 0 Å². The van der Waals surface area contributed by atoms with Crippen LogP contribution in [0, 0.1) is 0 Å². The summed E-state index contributed by atoms with van der Waals surface area (Å²) in [7, 11) is 0. The Labute approximate surface area is 121 Å². The maximum Gasteiger partial charge on any atom is 0.224 e. The molecule has 0 aliphatic rings. The first kappa shape index (κ1) is 12.9. The van der Waals surface area contributed by atoms with E-state index in [1.54, 1.807) is 6.20 Å². The number of anilines is 1. The molecule has 3 aromatic rings. The highest BCUT2D eigenvalue weighted by atomic mass is 35.5. The Hall–Kier alpha value is -2.14. The van der Waals surface area contributed by atoms with Gasteiger partial charge in [0.15, 0.2) is 0 Å². The van der Waals surface area contributed by atoms with Crippen molar-refractivity contribution in [2.45, 2.75) is 19.5 Å². The number of rotatable bonds is 4. The molecule has 0 aliphatic heterocycles. The van der Waals surface area contributed by atoms with Gasteiger partial charge in [0.1, 0.15) is 5.82 Å². The monoisotopic (exact) mass is 287 g/mol. The van der Waals surface area contributed by atoms with Crippen LogP contribution in [-0.2, 0) is 6.54 Å². The van der Waals surface area contributed by atoms with Crippen molar-refractivity contribution in [1.82, 2.24) is 19.7 Å². The highest BCUT2D eigenvalue weighted by Gasteiger charge is 2.09. The number of hydrogen-bond donors (Lipinski definition) is 1. The van der Waals surface area contributed by atoms with E-state index in [2.05, 4.69) is 27.3 Å². The summed E-state index contributed by atoms with van der Waals surface area (Å²) in [6.07, 6.45) is 3.70. The third-order valence-corrected chi connectivity index (χ3v) is 3.15. The van der Waals surface area contributed by atoms with Gasteiger partial charge in [-0.15, -0.1) is 0 Å². The van der Waals surface area contributed by atoms with E-state index >= 15 is 0 Å². The molecule has 1 aromatic carbocycles. The van der Waals surface area contributed by atoms with E-state index in [9.17, 15) is 0 Å². The number of halogens is 1. The van der Waals surface area contributed by atoms with Gasteiger partial charge in [-0.3, -0.25) is 4.68 Å². The molecule has 1 N–H and O–H groups in total. The molecule has 0 saturated carbocycles. The molecule has 0 bridgehead atoms. The van der Waals surface area contributed by atoms with E-state index in [-0.39, 0.29) is 11.3 Å². The number of fused-ring (bicyclic) bond motifs is 1. The lowest BCUT2D eigenvalue weighted by molar-refractivity contribution is 0.560. The third-order valence-electron chi connectivity index (χ3n) is 2.98. The van der Waals surface area contributed by atoms with Gasteiger partial charge in [-0.1, -0.05) is 12.1 Å². The van der Waals surface area contributed by atoms with Gasteiger partial charge >= 0.3 is 0 Å². The predicted octanol–water partition coefficient (Wildman–Crippen LogP) is 2.98. The van der Waals surface area contributed by atoms with Crippen molar-refractivity contribution >= 4 is 28.3 Å². The van der Waals surface area contributed by atoms with Crippen LogP contribution in [0.3, 0.4) is 0 Å². The summed E-state index contributed by atoms with van der Waals surface area (Å²) >= 11 is 5.97. The van der Waals surface area contributed by atoms with Crippen molar-refractivity contribution in [1.29, 1.82) is 0 Å². The third kappa shape index (κ3) is 2.72. The summed E-state index contributed by atoms with van der Waals surface area (Å²) in [6.45, 7) is 2.83. The highest BCUT2D eigenvalue weighted by molar-refractivity contribution is 6.28. The smallest absolute Gasteiger partial charge is 0.224 e. The highest BCUT2D eigenvalue weighted by Crippen LogP contribution is 2.22. The Morgan fingerprint density at radius 1 is 1.25 bits per heavy atom. The molecule has 2 aromatic heterocycles. The molecule has 102 valence electrons. The number of nitrogens with zero attached hydrogens (tertiary/aromatic N) is 4. The molecule has 0 fully saturated rings. The van der Waals surface area contributed by atoms with Crippen LogP contribution in [-0.4, -0.2) is 25.8 Å². The van der Waals surface area contributed by atoms with E-state index in [4.69, 9.17) is 11.6 Å². The van der Waals surface area contributed by atoms with Crippen LogP contribution in [0.2, 0.25) is 5.28 Å². The molecular weight excluding hydrogens is 274 g/mol. The largest absolute Gasteiger partial charge is 0.365 e. The standard InChI is InChI=1S/C14H14ClN5/c1-10(9-20-8-4-7-16-20)17-13-11-5-2-3-6-12(11)18-14(15)19-13/h2-8,10H,9H2,1H3,(H,17,18,19). The van der Waals surface area contributed by atoms with E-state index in [1.165, 1.54) is 0 Å². The van der Waals surface area contributed by atoms with Crippen LogP contribution >= 0.6 is 11.6 Å². The van der Waals surface area contributed by atoms with E-state index in [0.29, 0.717) is 0 Å². The maximum absolute atomic E-state index is 5.97. The summed E-state index contributed by atoms with van der Waals surface area (Å²) in [4.78, 5) is 8.50. The molecular formula is C14H14ClN5. The van der Waals surface area contributed by atoms with E-state index < -0.39 is 0 Å². The number of aromatic nitrogens is 4. The van der Waals surface area contributed by atoms with Crippen molar-refractivity contribution in [3.8, 4) is 0 Å². The normalized spacial score (nSPS) is 12.5. The van der Waals surface area contributed by atoms with Crippen LogP contribution in [0.5, 0.6) is 0 Å². The van der Waals surface area contributed by atoms with Gasteiger partial charge in [0.25, 0.3) is 0 Å². The second kappa shape index (κ2) is 5.46. The second-order valence-corrected chi connectivity index (χ2v) is 4.97. The van der Waals surface area contributed by atoms with Crippen LogP contribution < -0.4 is 5.32 Å². The van der Waals surface area contributed by atoms with E-state index in [1.807, 2.05) is 41.2 Å². The molecule has 1 atom stereocenters. The van der Waals surface area contributed by atoms with Crippen molar-refractivity contribution in [3.05, 3.63) is 48.0 Å². The molecule has 20 heavy (non-hydrogen) atoms. The SMILES string of the molecule is CC(Cn1cccn1)Nc1nc(Cl)nc2ccccc12. The van der Waals surface area contributed by atoms with Gasteiger partial charge in [0.2, 0.25) is 5.28 Å². The molecule has 0 spiro atoms. The van der Waals surface area contributed by atoms with E-state index in [0.717, 1.165) is 23.3 Å². The molecule has 0 radical (unpaired) electrons. The Balaban J connectivity index is 1.86. The minimum Gasteiger partial charge on any atom is -0.365 e. The summed E-state index contributed by atoms with van der Waals surface area (Å²) in [6, 6.07) is 9.88. The van der Waals surface area contributed by atoms with Gasteiger partial charge in [0, 0.05) is 23.8 Å². The summed E-state index contributed by atoms with van der Waals surface area (Å²) in [5.74, 6) is 0.750. The second-order valence-electron chi connectivity index (χ2n) is 4.63. The molecule has 3 rings (SSSR count). The maximum atomic E-state index is 5.97. The first-order valence-corrected chi connectivity index (χ1v) is 6.76. The molecule has 0 aliphatic carbocycles. The summed E-state index contributed by atoms with van der Waals surface area (Å²) < 4.78 is 1.88. The van der Waals surface area contributed by atoms with Gasteiger partial charge in [-0.05, 0) is 36.7 Å². The Morgan fingerprint density at radius 3 is 2.90 bits per heavy atom. The van der Waals surface area contributed by atoms with Crippen molar-refractivity contribution in [2.75, 3.05) is 5.32 Å². The molecule has 6 heteroatoms. The van der Waals surface area contributed by atoms with Crippen molar-refractivity contribution < 1.29 is 0 Å². The minimum atomic E-state index is 0.171. The Morgan fingerprint density at radius 2 is 2.10 bits per heavy atom. The fourth-order valence-corrected chi connectivity index (χ4v) is 2.30.